The van der Waals surface area contributed by atoms with E-state index in [4.69, 9.17) is 0 Å². The highest BCUT2D eigenvalue weighted by atomic mass is 15.4. The number of aromatic amines is 3. The average molecular weight is 858 g/mol. The maximum Gasteiger partial charge on any atom is 0.0887 e. The van der Waals surface area contributed by atoms with Crippen molar-refractivity contribution >= 4 is 0 Å². The van der Waals surface area contributed by atoms with Gasteiger partial charge in [-0.2, -0.15) is 46.2 Å². The Morgan fingerprint density at radius 1 is 0.443 bits per heavy atom. The molecule has 0 atom stereocenters. The molecule has 354 valence electrons. The average Bonchev–Trinajstić information content (AvgIpc) is 4.01. The van der Waals surface area contributed by atoms with Crippen LogP contribution in [0.25, 0.3) is 0 Å². The van der Waals surface area contributed by atoms with Crippen molar-refractivity contribution in [3.8, 4) is 0 Å². The van der Waals surface area contributed by atoms with Gasteiger partial charge in [-0.1, -0.05) is 195 Å². The predicted molar refractivity (Wildman–Crippen MR) is 257 cm³/mol. The van der Waals surface area contributed by atoms with Gasteiger partial charge < -0.3 is 0 Å². The van der Waals surface area contributed by atoms with Crippen LogP contribution in [0.15, 0.2) is 49.6 Å². The Labute approximate surface area is 373 Å². The summed E-state index contributed by atoms with van der Waals surface area (Å²) in [6, 6.07) is 0. The Balaban J connectivity index is -0.000000335. The first kappa shape index (κ1) is 63.3. The summed E-state index contributed by atoms with van der Waals surface area (Å²) in [6.45, 7) is 50.2. The molecule has 0 saturated heterocycles. The van der Waals surface area contributed by atoms with E-state index >= 15 is 0 Å². The molecule has 15 heteroatoms. The molecule has 5 aromatic rings. The second kappa shape index (κ2) is 37.5. The van der Waals surface area contributed by atoms with E-state index in [2.05, 4.69) is 219 Å². The minimum absolute atomic E-state index is 0.195. The van der Waals surface area contributed by atoms with Crippen LogP contribution in [-0.2, 0) is 19.5 Å². The zero-order chi connectivity index (χ0) is 48.0. The van der Waals surface area contributed by atoms with Crippen molar-refractivity contribution in [1.29, 1.82) is 0 Å². The molecule has 0 unspecified atom stereocenters. The van der Waals surface area contributed by atoms with Crippen LogP contribution in [0, 0.1) is 33.5 Å². The van der Waals surface area contributed by atoms with E-state index in [0.29, 0.717) is 17.3 Å². The standard InChI is InChI=1S/C15H26N6.2C6H14.2C5H12.C3H8.3C2H3N3/c1-14(2,3)10-20-8-12(16-18-20)7-13-9-21(19-17-13)11-15(4,5)6;2*1-5-6(2,3)4;2*1-4-5(2)3;1-3-2;3*1-2-4-5-3-1/h8-9H,7,10-11H2,1-6H3;2*5H2,1-4H3;2*5H,4H2,1-3H3;3H2,1-2H3;3*1-2H,(H,3,4,5). The fraction of sp³-hybridized carbons (Fsp3) is 0.783. The van der Waals surface area contributed by atoms with Crippen molar-refractivity contribution in [2.24, 2.45) is 33.5 Å². The predicted octanol–water partition coefficient (Wildman–Crippen LogP) is 12.4. The molecule has 0 bridgehead atoms. The lowest BCUT2D eigenvalue weighted by atomic mass is 9.94. The number of H-pyrrole nitrogens is 3. The number of nitrogens with one attached hydrogen (secondary N) is 3. The Morgan fingerprint density at radius 3 is 0.787 bits per heavy atom. The third-order valence-electron chi connectivity index (χ3n) is 7.56. The Hall–Kier alpha value is -4.30. The summed E-state index contributed by atoms with van der Waals surface area (Å²) >= 11 is 0. The molecular formula is C46H95N15. The molecule has 5 heterocycles. The number of hydrogen-bond donors (Lipinski definition) is 3. The zero-order valence-corrected chi connectivity index (χ0v) is 43.3. The summed E-state index contributed by atoms with van der Waals surface area (Å²) in [5.74, 6) is 1.77. The highest BCUT2D eigenvalue weighted by Gasteiger charge is 2.15. The van der Waals surface area contributed by atoms with E-state index in [1.54, 1.807) is 37.2 Å². The van der Waals surface area contributed by atoms with Crippen LogP contribution in [0.3, 0.4) is 0 Å². The lowest BCUT2D eigenvalue weighted by molar-refractivity contribution is 0.321. The minimum Gasteiger partial charge on any atom is -0.252 e. The summed E-state index contributed by atoms with van der Waals surface area (Å²) in [7, 11) is 0. The molecule has 5 rings (SSSR count). The van der Waals surface area contributed by atoms with Gasteiger partial charge in [0, 0.05) is 31.9 Å². The van der Waals surface area contributed by atoms with Gasteiger partial charge in [0.25, 0.3) is 0 Å². The molecule has 0 amide bonds. The van der Waals surface area contributed by atoms with Gasteiger partial charge in [-0.05, 0) is 33.5 Å². The van der Waals surface area contributed by atoms with E-state index in [9.17, 15) is 0 Å². The van der Waals surface area contributed by atoms with Crippen molar-refractivity contribution in [3.63, 3.8) is 0 Å². The van der Waals surface area contributed by atoms with Crippen molar-refractivity contribution in [3.05, 3.63) is 61.0 Å². The van der Waals surface area contributed by atoms with Crippen LogP contribution in [-0.4, -0.2) is 76.2 Å². The normalized spacial score (nSPS) is 10.6. The SMILES string of the molecule is CC(C)(C)Cn1cc(Cc2cn(CC(C)(C)C)nn2)nn1.CCC.CCC(C)(C)C.CCC(C)(C)C.CCC(C)C.CCC(C)C.c1cn[nH]n1.c1cn[nH]n1.c1cn[nH]n1. The number of hydrogen-bond acceptors (Lipinski definition) is 10. The van der Waals surface area contributed by atoms with Gasteiger partial charge in [0.2, 0.25) is 0 Å². The van der Waals surface area contributed by atoms with Gasteiger partial charge in [0.15, 0.2) is 0 Å². The number of aromatic nitrogens is 15. The van der Waals surface area contributed by atoms with Crippen LogP contribution in [0.4, 0.5) is 0 Å². The molecule has 0 saturated carbocycles. The van der Waals surface area contributed by atoms with Crippen molar-refractivity contribution in [1.82, 2.24) is 76.2 Å². The van der Waals surface area contributed by atoms with Crippen LogP contribution in [0.1, 0.15) is 196 Å². The Bertz CT molecular complexity index is 1300. The van der Waals surface area contributed by atoms with E-state index in [1.807, 2.05) is 21.8 Å². The maximum absolute atomic E-state index is 4.22. The third kappa shape index (κ3) is 57.8. The quantitative estimate of drug-likeness (QED) is 0.148. The van der Waals surface area contributed by atoms with Crippen molar-refractivity contribution in [2.45, 2.75) is 204 Å². The molecule has 15 nitrogen and oxygen atoms in total. The molecule has 0 aliphatic heterocycles. The van der Waals surface area contributed by atoms with Gasteiger partial charge >= 0.3 is 0 Å². The summed E-state index contributed by atoms with van der Waals surface area (Å²) in [4.78, 5) is 0. The van der Waals surface area contributed by atoms with E-state index < -0.39 is 0 Å². The molecule has 0 fully saturated rings. The zero-order valence-electron chi connectivity index (χ0n) is 43.3. The van der Waals surface area contributed by atoms with Gasteiger partial charge in [-0.25, -0.2) is 0 Å². The molecule has 5 aromatic heterocycles. The molecule has 0 spiro atoms. The summed E-state index contributed by atoms with van der Waals surface area (Å²) in [5.41, 5.74) is 3.34. The van der Waals surface area contributed by atoms with Crippen LogP contribution in [0.5, 0.6) is 0 Å². The first-order valence-corrected chi connectivity index (χ1v) is 22.4. The third-order valence-corrected chi connectivity index (χ3v) is 7.56. The minimum atomic E-state index is 0.195. The second-order valence-electron chi connectivity index (χ2n) is 20.2. The van der Waals surface area contributed by atoms with Gasteiger partial charge in [-0.15, -0.1) is 10.2 Å². The summed E-state index contributed by atoms with van der Waals surface area (Å²) in [6.07, 6.45) is 20.6. The topological polar surface area (TPSA) is 186 Å². The molecule has 0 aliphatic carbocycles. The number of nitrogens with zero attached hydrogens (tertiary/aromatic N) is 12. The molecular weight excluding hydrogens is 763 g/mol. The summed E-state index contributed by atoms with van der Waals surface area (Å²) < 4.78 is 3.80. The molecule has 0 aromatic carbocycles. The van der Waals surface area contributed by atoms with Crippen LogP contribution in [0.2, 0.25) is 0 Å². The second-order valence-corrected chi connectivity index (χ2v) is 20.2. The molecule has 0 radical (unpaired) electrons. The smallest absolute Gasteiger partial charge is 0.0887 e. The largest absolute Gasteiger partial charge is 0.252 e. The first-order valence-electron chi connectivity index (χ1n) is 22.4. The highest BCUT2D eigenvalue weighted by molar-refractivity contribution is 5.07. The van der Waals surface area contributed by atoms with Crippen LogP contribution < -0.4 is 0 Å². The maximum atomic E-state index is 4.22. The molecule has 61 heavy (non-hydrogen) atoms. The van der Waals surface area contributed by atoms with Gasteiger partial charge in [0.1, 0.15) is 0 Å². The van der Waals surface area contributed by atoms with Gasteiger partial charge in [0.05, 0.1) is 48.6 Å². The van der Waals surface area contributed by atoms with E-state index in [-0.39, 0.29) is 10.8 Å². The first-order chi connectivity index (χ1) is 28.2. The van der Waals surface area contributed by atoms with Crippen LogP contribution >= 0.6 is 0 Å². The lowest BCUT2D eigenvalue weighted by Crippen LogP contribution is -2.15. The number of rotatable bonds is 6. The lowest BCUT2D eigenvalue weighted by Gasteiger charge is -2.16. The monoisotopic (exact) mass is 858 g/mol. The summed E-state index contributed by atoms with van der Waals surface area (Å²) in [5, 5.41) is 44.8. The van der Waals surface area contributed by atoms with E-state index in [1.165, 1.54) is 32.1 Å². The Morgan fingerprint density at radius 2 is 0.656 bits per heavy atom. The van der Waals surface area contributed by atoms with Crippen molar-refractivity contribution in [2.75, 3.05) is 0 Å². The molecule has 3 N–H and O–H groups in total. The molecule has 0 aliphatic rings. The highest BCUT2D eigenvalue weighted by Crippen LogP contribution is 2.18. The van der Waals surface area contributed by atoms with E-state index in [0.717, 1.165) is 36.3 Å². The fourth-order valence-corrected chi connectivity index (χ4v) is 2.65. The fourth-order valence-electron chi connectivity index (χ4n) is 2.65. The van der Waals surface area contributed by atoms with Crippen molar-refractivity contribution < 1.29 is 0 Å². The van der Waals surface area contributed by atoms with Gasteiger partial charge in [-0.3, -0.25) is 9.36 Å². The Kier molecular flexibility index (Phi) is 38.9.